The van der Waals surface area contributed by atoms with Crippen LogP contribution in [0.4, 0.5) is 0 Å². The van der Waals surface area contributed by atoms with E-state index in [2.05, 4.69) is 65.8 Å². The molecule has 3 aliphatic carbocycles. The lowest BCUT2D eigenvalue weighted by Gasteiger charge is -2.70. The minimum Gasteiger partial charge on any atom is -0.0846 e. The Morgan fingerprint density at radius 2 is 1.10 bits per heavy atom. The van der Waals surface area contributed by atoms with Crippen molar-refractivity contribution in [3.8, 4) is 0 Å². The van der Waals surface area contributed by atoms with Crippen LogP contribution in [-0.2, 0) is 0 Å². The van der Waals surface area contributed by atoms with Gasteiger partial charge < -0.3 is 0 Å². The molecule has 0 saturated heterocycles. The van der Waals surface area contributed by atoms with Gasteiger partial charge in [-0.25, -0.2) is 0 Å². The van der Waals surface area contributed by atoms with Gasteiger partial charge in [-0.15, -0.1) is 0 Å². The van der Waals surface area contributed by atoms with Crippen molar-refractivity contribution in [2.75, 3.05) is 0 Å². The molecule has 0 aliphatic heterocycles. The summed E-state index contributed by atoms with van der Waals surface area (Å²) >= 11 is 0. The molecule has 0 nitrogen and oxygen atoms in total. The number of hydrogen-bond donors (Lipinski definition) is 0. The van der Waals surface area contributed by atoms with E-state index in [1.165, 1.54) is 12.8 Å². The quantitative estimate of drug-likeness (QED) is 0.565. The predicted molar refractivity (Wildman–Crippen MR) is 87.4 cm³/mol. The molecule has 112 valence electrons. The van der Waals surface area contributed by atoms with Crippen molar-refractivity contribution >= 4 is 0 Å². The van der Waals surface area contributed by atoms with E-state index in [1.54, 1.807) is 0 Å². The molecule has 0 unspecified atom stereocenters. The summed E-state index contributed by atoms with van der Waals surface area (Å²) in [7, 11) is 0. The molecule has 3 rings (SSSR count). The second-order valence-electron chi connectivity index (χ2n) is 8.78. The fourth-order valence-corrected chi connectivity index (χ4v) is 5.34. The Morgan fingerprint density at radius 1 is 0.750 bits per heavy atom. The first kappa shape index (κ1) is 14.4. The molecule has 0 spiro atoms. The van der Waals surface area contributed by atoms with Gasteiger partial charge in [0.15, 0.2) is 0 Å². The van der Waals surface area contributed by atoms with Crippen molar-refractivity contribution in [1.29, 1.82) is 0 Å². The molecule has 0 N–H and O–H groups in total. The lowest BCUT2D eigenvalue weighted by molar-refractivity contribution is -0.154. The van der Waals surface area contributed by atoms with Gasteiger partial charge in [-0.05, 0) is 59.2 Å². The SMILES string of the molecule is CC(C)[C@@H]1C=C[C@]2(C)[C@H](C1)[C@@H]1C[C@@H](C(C)C)C=C[C@@]12C. The summed E-state index contributed by atoms with van der Waals surface area (Å²) in [6.07, 6.45) is 13.1. The third-order valence-electron chi connectivity index (χ3n) is 7.33. The molecule has 0 heteroatoms. The first-order valence-corrected chi connectivity index (χ1v) is 8.68. The summed E-state index contributed by atoms with van der Waals surface area (Å²) in [5.74, 6) is 5.03. The molecule has 0 heterocycles. The van der Waals surface area contributed by atoms with Crippen LogP contribution in [0.2, 0.25) is 0 Å². The molecular formula is C20H32. The van der Waals surface area contributed by atoms with Crippen LogP contribution in [0.5, 0.6) is 0 Å². The highest BCUT2D eigenvalue weighted by Crippen LogP contribution is 2.72. The fraction of sp³-hybridized carbons (Fsp3) is 0.800. The van der Waals surface area contributed by atoms with Crippen molar-refractivity contribution < 1.29 is 0 Å². The Morgan fingerprint density at radius 3 is 1.40 bits per heavy atom. The van der Waals surface area contributed by atoms with Crippen LogP contribution >= 0.6 is 0 Å². The largest absolute Gasteiger partial charge is 0.0846 e. The van der Waals surface area contributed by atoms with Crippen molar-refractivity contribution in [1.82, 2.24) is 0 Å². The van der Waals surface area contributed by atoms with Crippen molar-refractivity contribution in [2.24, 2.45) is 46.3 Å². The van der Waals surface area contributed by atoms with E-state index in [4.69, 9.17) is 0 Å². The molecule has 0 bridgehead atoms. The lowest BCUT2D eigenvalue weighted by atomic mass is 9.34. The number of rotatable bonds is 2. The smallest absolute Gasteiger partial charge is 0.00240 e. The van der Waals surface area contributed by atoms with E-state index >= 15 is 0 Å². The second kappa shape index (κ2) is 4.49. The maximum Gasteiger partial charge on any atom is -0.00240 e. The van der Waals surface area contributed by atoms with E-state index in [9.17, 15) is 0 Å². The Hall–Kier alpha value is -0.520. The average Bonchev–Trinajstić information content (AvgIpc) is 2.38. The summed E-state index contributed by atoms with van der Waals surface area (Å²) in [4.78, 5) is 0. The fourth-order valence-electron chi connectivity index (χ4n) is 5.34. The standard InChI is InChI=1S/C20H32/c1-13(2)15-7-9-19(5)17(11-15)18-12-16(14(3)4)8-10-20(18,19)6/h7-10,13-18H,11-12H2,1-6H3/t15-,16+,17-,18+,19-,20+. The van der Waals surface area contributed by atoms with E-state index in [-0.39, 0.29) is 0 Å². The Kier molecular flexibility index (Phi) is 3.23. The zero-order chi connectivity index (χ0) is 14.7. The van der Waals surface area contributed by atoms with Crippen molar-refractivity contribution in [3.63, 3.8) is 0 Å². The van der Waals surface area contributed by atoms with Crippen molar-refractivity contribution in [2.45, 2.75) is 54.4 Å². The first-order chi connectivity index (χ1) is 9.29. The van der Waals surface area contributed by atoms with Crippen LogP contribution < -0.4 is 0 Å². The van der Waals surface area contributed by atoms with Gasteiger partial charge in [0.25, 0.3) is 0 Å². The van der Waals surface area contributed by atoms with Crippen LogP contribution in [-0.4, -0.2) is 0 Å². The van der Waals surface area contributed by atoms with Gasteiger partial charge in [0.2, 0.25) is 0 Å². The third kappa shape index (κ3) is 1.72. The highest BCUT2D eigenvalue weighted by Gasteiger charge is 2.66. The predicted octanol–water partition coefficient (Wildman–Crippen LogP) is 5.71. The van der Waals surface area contributed by atoms with Crippen LogP contribution in [0, 0.1) is 46.3 Å². The Bertz CT molecular complexity index is 399. The van der Waals surface area contributed by atoms with Gasteiger partial charge in [-0.3, -0.25) is 0 Å². The van der Waals surface area contributed by atoms with Crippen molar-refractivity contribution in [3.05, 3.63) is 24.3 Å². The molecule has 0 aromatic carbocycles. The average molecular weight is 272 g/mol. The zero-order valence-corrected chi connectivity index (χ0v) is 14.2. The van der Waals surface area contributed by atoms with Gasteiger partial charge in [0.05, 0.1) is 0 Å². The van der Waals surface area contributed by atoms with Gasteiger partial charge in [0, 0.05) is 0 Å². The molecule has 0 radical (unpaired) electrons. The molecule has 0 amide bonds. The van der Waals surface area contributed by atoms with Crippen LogP contribution in [0.1, 0.15) is 54.4 Å². The molecule has 1 fully saturated rings. The molecule has 3 aliphatic rings. The minimum absolute atomic E-state index is 0.418. The number of hydrogen-bond acceptors (Lipinski definition) is 0. The minimum atomic E-state index is 0.418. The Balaban J connectivity index is 1.90. The van der Waals surface area contributed by atoms with Gasteiger partial charge in [0.1, 0.15) is 0 Å². The number of allylic oxidation sites excluding steroid dienone is 4. The molecule has 1 saturated carbocycles. The highest BCUT2D eigenvalue weighted by molar-refractivity contribution is 5.31. The molecule has 6 atom stereocenters. The summed E-state index contributed by atoms with van der Waals surface area (Å²) in [6, 6.07) is 0. The molecule has 0 aromatic rings. The van der Waals surface area contributed by atoms with E-state index in [1.807, 2.05) is 0 Å². The lowest BCUT2D eigenvalue weighted by Crippen LogP contribution is -2.64. The van der Waals surface area contributed by atoms with Crippen LogP contribution in [0.3, 0.4) is 0 Å². The summed E-state index contributed by atoms with van der Waals surface area (Å²) < 4.78 is 0. The summed E-state index contributed by atoms with van der Waals surface area (Å²) in [6.45, 7) is 14.6. The van der Waals surface area contributed by atoms with Gasteiger partial charge >= 0.3 is 0 Å². The first-order valence-electron chi connectivity index (χ1n) is 8.68. The van der Waals surface area contributed by atoms with Crippen LogP contribution in [0.25, 0.3) is 0 Å². The maximum atomic E-state index is 2.59. The van der Waals surface area contributed by atoms with E-state index < -0.39 is 0 Å². The summed E-state index contributed by atoms with van der Waals surface area (Å²) in [5, 5.41) is 0. The maximum absolute atomic E-state index is 2.59. The highest BCUT2D eigenvalue weighted by atomic mass is 14.7. The monoisotopic (exact) mass is 272 g/mol. The van der Waals surface area contributed by atoms with Gasteiger partial charge in [-0.1, -0.05) is 65.8 Å². The normalized spacial score (nSPS) is 50.0. The summed E-state index contributed by atoms with van der Waals surface area (Å²) in [5.41, 5.74) is 0.836. The number of fused-ring (bicyclic) bond motifs is 4. The van der Waals surface area contributed by atoms with Gasteiger partial charge in [-0.2, -0.15) is 0 Å². The second-order valence-corrected chi connectivity index (χ2v) is 8.78. The molecule has 20 heavy (non-hydrogen) atoms. The molecular weight excluding hydrogens is 240 g/mol. The van der Waals surface area contributed by atoms with E-state index in [0.717, 1.165) is 35.5 Å². The van der Waals surface area contributed by atoms with Crippen LogP contribution in [0.15, 0.2) is 24.3 Å². The van der Waals surface area contributed by atoms with E-state index in [0.29, 0.717) is 10.8 Å². The third-order valence-corrected chi connectivity index (χ3v) is 7.33. The molecule has 0 aromatic heterocycles. The Labute approximate surface area is 125 Å². The zero-order valence-electron chi connectivity index (χ0n) is 14.2. The topological polar surface area (TPSA) is 0 Å².